The number of aryl methyl sites for hydroxylation is 1. The number of rotatable bonds is 7. The highest BCUT2D eigenvalue weighted by atomic mass is 16.5. The number of anilines is 2. The monoisotopic (exact) mass is 396 g/mol. The van der Waals surface area contributed by atoms with Crippen molar-refractivity contribution >= 4 is 22.4 Å². The van der Waals surface area contributed by atoms with Crippen LogP contribution in [0.2, 0.25) is 0 Å². The van der Waals surface area contributed by atoms with Gasteiger partial charge in [0.2, 0.25) is 0 Å². The van der Waals surface area contributed by atoms with Gasteiger partial charge in [-0.2, -0.15) is 0 Å². The predicted octanol–water partition coefficient (Wildman–Crippen LogP) is 4.98. The van der Waals surface area contributed by atoms with Crippen molar-refractivity contribution in [2.24, 2.45) is 0 Å². The van der Waals surface area contributed by atoms with Crippen LogP contribution in [0.4, 0.5) is 11.5 Å². The molecule has 3 heterocycles. The fourth-order valence-electron chi connectivity index (χ4n) is 4.55. The molecule has 0 amide bonds. The first kappa shape index (κ1) is 20.3. The molecule has 0 bridgehead atoms. The van der Waals surface area contributed by atoms with Crippen LogP contribution < -0.4 is 15.4 Å². The standard InChI is InChI=1S/C24H36N4O/c1-17(2)26-24-19-9-4-5-10-25-23(19)20-15-18(3)22(16-21(20)27-24)29-14-8-13-28-11-6-7-12-28/h15-17,25H,4-14H2,1-3H3,(H,26,27). The molecule has 0 aliphatic carbocycles. The van der Waals surface area contributed by atoms with E-state index in [0.29, 0.717) is 6.04 Å². The maximum absolute atomic E-state index is 6.19. The summed E-state index contributed by atoms with van der Waals surface area (Å²) in [5.41, 5.74) is 4.81. The number of nitrogens with one attached hydrogen (secondary N) is 2. The van der Waals surface area contributed by atoms with Crippen LogP contribution in [0.5, 0.6) is 5.75 Å². The summed E-state index contributed by atoms with van der Waals surface area (Å²) in [6.45, 7) is 11.9. The molecule has 2 N–H and O–H groups in total. The van der Waals surface area contributed by atoms with Gasteiger partial charge in [-0.05, 0) is 84.0 Å². The Morgan fingerprint density at radius 3 is 2.79 bits per heavy atom. The van der Waals surface area contributed by atoms with Gasteiger partial charge in [0.1, 0.15) is 11.6 Å². The van der Waals surface area contributed by atoms with E-state index in [1.165, 1.54) is 61.0 Å². The van der Waals surface area contributed by atoms with E-state index in [1.807, 2.05) is 0 Å². The van der Waals surface area contributed by atoms with Gasteiger partial charge in [0.15, 0.2) is 0 Å². The van der Waals surface area contributed by atoms with E-state index < -0.39 is 0 Å². The molecule has 2 aliphatic heterocycles. The van der Waals surface area contributed by atoms with Crippen molar-refractivity contribution in [1.29, 1.82) is 0 Å². The summed E-state index contributed by atoms with van der Waals surface area (Å²) in [4.78, 5) is 7.57. The third-order valence-electron chi connectivity index (χ3n) is 6.04. The van der Waals surface area contributed by atoms with Crippen LogP contribution in [0.1, 0.15) is 57.1 Å². The van der Waals surface area contributed by atoms with Gasteiger partial charge in [0.05, 0.1) is 17.8 Å². The smallest absolute Gasteiger partial charge is 0.132 e. The average Bonchev–Trinajstić information content (AvgIpc) is 3.08. The summed E-state index contributed by atoms with van der Waals surface area (Å²) in [7, 11) is 0. The molecule has 2 aromatic rings. The third-order valence-corrected chi connectivity index (χ3v) is 6.04. The molecule has 1 saturated heterocycles. The van der Waals surface area contributed by atoms with Gasteiger partial charge in [-0.1, -0.05) is 0 Å². The Balaban J connectivity index is 1.57. The highest BCUT2D eigenvalue weighted by Gasteiger charge is 2.19. The molecule has 0 spiro atoms. The number of aromatic nitrogens is 1. The quantitative estimate of drug-likeness (QED) is 0.647. The van der Waals surface area contributed by atoms with Crippen molar-refractivity contribution in [2.45, 2.75) is 65.3 Å². The molecule has 0 unspecified atom stereocenters. The maximum atomic E-state index is 6.19. The Morgan fingerprint density at radius 1 is 1.17 bits per heavy atom. The molecular formula is C24H36N4O. The Morgan fingerprint density at radius 2 is 2.00 bits per heavy atom. The lowest BCUT2D eigenvalue weighted by Crippen LogP contribution is -2.22. The average molecular weight is 397 g/mol. The Kier molecular flexibility index (Phi) is 6.43. The van der Waals surface area contributed by atoms with Crippen LogP contribution >= 0.6 is 0 Å². The van der Waals surface area contributed by atoms with Gasteiger partial charge >= 0.3 is 0 Å². The van der Waals surface area contributed by atoms with Gasteiger partial charge in [0.25, 0.3) is 0 Å². The number of ether oxygens (including phenoxy) is 1. The van der Waals surface area contributed by atoms with E-state index in [9.17, 15) is 0 Å². The molecule has 0 saturated carbocycles. The molecule has 5 heteroatoms. The topological polar surface area (TPSA) is 49.4 Å². The second-order valence-corrected chi connectivity index (χ2v) is 8.88. The molecule has 1 fully saturated rings. The summed E-state index contributed by atoms with van der Waals surface area (Å²) in [6, 6.07) is 4.76. The molecule has 158 valence electrons. The lowest BCUT2D eigenvalue weighted by molar-refractivity contribution is 0.262. The van der Waals surface area contributed by atoms with E-state index in [2.05, 4.69) is 48.4 Å². The zero-order chi connectivity index (χ0) is 20.2. The fourth-order valence-corrected chi connectivity index (χ4v) is 4.55. The Labute approximate surface area is 175 Å². The lowest BCUT2D eigenvalue weighted by atomic mass is 10.0. The van der Waals surface area contributed by atoms with Crippen molar-refractivity contribution < 1.29 is 4.74 Å². The minimum atomic E-state index is 0.360. The summed E-state index contributed by atoms with van der Waals surface area (Å²) < 4.78 is 6.19. The van der Waals surface area contributed by atoms with Gasteiger partial charge < -0.3 is 20.3 Å². The van der Waals surface area contributed by atoms with Crippen molar-refractivity contribution in [2.75, 3.05) is 43.4 Å². The zero-order valence-electron chi connectivity index (χ0n) is 18.3. The first-order valence-corrected chi connectivity index (χ1v) is 11.4. The summed E-state index contributed by atoms with van der Waals surface area (Å²) >= 11 is 0. The number of hydrogen-bond donors (Lipinski definition) is 2. The lowest BCUT2D eigenvalue weighted by Gasteiger charge is -2.20. The van der Waals surface area contributed by atoms with Crippen LogP contribution in [0.25, 0.3) is 10.9 Å². The summed E-state index contributed by atoms with van der Waals surface area (Å²) in [5.74, 6) is 2.00. The normalized spacial score (nSPS) is 17.2. The molecule has 1 aromatic heterocycles. The first-order valence-electron chi connectivity index (χ1n) is 11.4. The van der Waals surface area contributed by atoms with Crippen molar-refractivity contribution in [1.82, 2.24) is 9.88 Å². The van der Waals surface area contributed by atoms with Crippen LogP contribution in [-0.2, 0) is 6.42 Å². The van der Waals surface area contributed by atoms with Gasteiger partial charge in [-0.3, -0.25) is 0 Å². The van der Waals surface area contributed by atoms with E-state index in [0.717, 1.165) is 49.6 Å². The van der Waals surface area contributed by atoms with E-state index in [1.54, 1.807) is 0 Å². The summed E-state index contributed by atoms with van der Waals surface area (Å²) in [6.07, 6.45) is 7.26. The van der Waals surface area contributed by atoms with E-state index in [4.69, 9.17) is 9.72 Å². The maximum Gasteiger partial charge on any atom is 0.132 e. The minimum absolute atomic E-state index is 0.360. The van der Waals surface area contributed by atoms with E-state index >= 15 is 0 Å². The Hall–Kier alpha value is -2.01. The van der Waals surface area contributed by atoms with Crippen LogP contribution in [0.3, 0.4) is 0 Å². The zero-order valence-corrected chi connectivity index (χ0v) is 18.3. The van der Waals surface area contributed by atoms with E-state index in [-0.39, 0.29) is 0 Å². The number of fused-ring (bicyclic) bond motifs is 3. The number of benzene rings is 1. The SMILES string of the molecule is Cc1cc2c3c(c(NC(C)C)nc2cc1OCCCN1CCCC1)CCCCN3. The Bertz CT molecular complexity index is 843. The third kappa shape index (κ3) is 4.77. The van der Waals surface area contributed by atoms with Gasteiger partial charge in [0, 0.05) is 36.1 Å². The van der Waals surface area contributed by atoms with Crippen molar-refractivity contribution in [3.63, 3.8) is 0 Å². The highest BCUT2D eigenvalue weighted by molar-refractivity contribution is 5.97. The van der Waals surface area contributed by atoms with Gasteiger partial charge in [-0.15, -0.1) is 0 Å². The molecule has 1 aromatic carbocycles. The second kappa shape index (κ2) is 9.21. The highest BCUT2D eigenvalue weighted by Crippen LogP contribution is 2.37. The van der Waals surface area contributed by atoms with Crippen LogP contribution in [0, 0.1) is 6.92 Å². The predicted molar refractivity (Wildman–Crippen MR) is 122 cm³/mol. The summed E-state index contributed by atoms with van der Waals surface area (Å²) in [5, 5.41) is 8.48. The number of likely N-dealkylation sites (tertiary alicyclic amines) is 1. The molecule has 0 radical (unpaired) electrons. The molecular weight excluding hydrogens is 360 g/mol. The largest absolute Gasteiger partial charge is 0.493 e. The molecule has 4 rings (SSSR count). The molecule has 29 heavy (non-hydrogen) atoms. The van der Waals surface area contributed by atoms with Crippen LogP contribution in [-0.4, -0.2) is 48.7 Å². The van der Waals surface area contributed by atoms with Crippen molar-refractivity contribution in [3.05, 3.63) is 23.3 Å². The first-order chi connectivity index (χ1) is 14.1. The number of nitrogens with zero attached hydrogens (tertiary/aromatic N) is 2. The molecule has 0 atom stereocenters. The fraction of sp³-hybridized carbons (Fsp3) is 0.625. The second-order valence-electron chi connectivity index (χ2n) is 8.88. The van der Waals surface area contributed by atoms with Crippen LogP contribution in [0.15, 0.2) is 12.1 Å². The van der Waals surface area contributed by atoms with Crippen molar-refractivity contribution in [3.8, 4) is 5.75 Å². The molecule has 2 aliphatic rings. The van der Waals surface area contributed by atoms with Gasteiger partial charge in [-0.25, -0.2) is 4.98 Å². The number of hydrogen-bond acceptors (Lipinski definition) is 5. The minimum Gasteiger partial charge on any atom is -0.493 e. The molecule has 5 nitrogen and oxygen atoms in total. The number of pyridine rings is 1.